The number of carbonyl (C=O) groups excluding carboxylic acids is 1. The molecule has 5 nitrogen and oxygen atoms in total. The van der Waals surface area contributed by atoms with E-state index >= 15 is 0 Å². The van der Waals surface area contributed by atoms with Gasteiger partial charge in [-0.15, -0.1) is 0 Å². The lowest BCUT2D eigenvalue weighted by molar-refractivity contribution is -0.385. The average molecular weight is 558 g/mol. The molecule has 8 aromatic carbocycles. The molecule has 0 aromatic heterocycles. The summed E-state index contributed by atoms with van der Waals surface area (Å²) in [6.45, 7) is 0. The normalized spacial score (nSPS) is 11.7. The number of hydrogen-bond donors (Lipinski definition) is 0. The van der Waals surface area contributed by atoms with Crippen LogP contribution in [0.1, 0.15) is 10.4 Å². The third kappa shape index (κ3) is 3.55. The SMILES string of the molecule is COC(=O)c1cc2c(-c3ccccc3)c3c4cccc5ccc6cccc(c3c(-c3ccccc3)c2cc1[N+](=O)[O-])c6c54. The molecule has 0 saturated carbocycles. The maximum Gasteiger partial charge on any atom is 0.344 e. The zero-order valence-corrected chi connectivity index (χ0v) is 23.1. The molecule has 0 radical (unpaired) electrons. The van der Waals surface area contributed by atoms with Crippen LogP contribution in [0.15, 0.2) is 121 Å². The Balaban J connectivity index is 1.78. The van der Waals surface area contributed by atoms with Crippen LogP contribution < -0.4 is 0 Å². The Kier molecular flexibility index (Phi) is 5.43. The predicted octanol–water partition coefficient (Wildman–Crippen LogP) is 9.92. The van der Waals surface area contributed by atoms with Gasteiger partial charge >= 0.3 is 5.97 Å². The highest BCUT2D eigenvalue weighted by Crippen LogP contribution is 2.51. The van der Waals surface area contributed by atoms with E-state index in [0.29, 0.717) is 5.39 Å². The first-order valence-electron chi connectivity index (χ1n) is 14.0. The zero-order chi connectivity index (χ0) is 29.2. The summed E-state index contributed by atoms with van der Waals surface area (Å²) in [5, 5.41) is 22.7. The van der Waals surface area contributed by atoms with Crippen molar-refractivity contribution < 1.29 is 14.5 Å². The van der Waals surface area contributed by atoms with Gasteiger partial charge in [-0.05, 0) is 82.2 Å². The number of ether oxygens (including phenoxy) is 1. The number of rotatable bonds is 4. The molecule has 0 bridgehead atoms. The first kappa shape index (κ1) is 24.9. The molecule has 5 heteroatoms. The van der Waals surface area contributed by atoms with Crippen molar-refractivity contribution in [2.24, 2.45) is 0 Å². The Morgan fingerprint density at radius 3 is 1.53 bits per heavy atom. The summed E-state index contributed by atoms with van der Waals surface area (Å²) >= 11 is 0. The van der Waals surface area contributed by atoms with Gasteiger partial charge in [0.2, 0.25) is 0 Å². The summed E-state index contributed by atoms with van der Waals surface area (Å²) in [7, 11) is 1.24. The second-order valence-corrected chi connectivity index (χ2v) is 10.8. The minimum Gasteiger partial charge on any atom is -0.465 e. The van der Waals surface area contributed by atoms with Gasteiger partial charge in [0.15, 0.2) is 0 Å². The van der Waals surface area contributed by atoms with Crippen LogP contribution in [0, 0.1) is 10.1 Å². The summed E-state index contributed by atoms with van der Waals surface area (Å²) in [6.07, 6.45) is 0. The quantitative estimate of drug-likeness (QED) is 0.0710. The van der Waals surface area contributed by atoms with E-state index in [1.54, 1.807) is 12.1 Å². The average Bonchev–Trinajstić information content (AvgIpc) is 3.06. The van der Waals surface area contributed by atoms with Crippen LogP contribution in [0.5, 0.6) is 0 Å². The van der Waals surface area contributed by atoms with E-state index in [4.69, 9.17) is 4.74 Å². The van der Waals surface area contributed by atoms with E-state index < -0.39 is 10.9 Å². The van der Waals surface area contributed by atoms with Crippen molar-refractivity contribution in [1.29, 1.82) is 0 Å². The summed E-state index contributed by atoms with van der Waals surface area (Å²) in [5.41, 5.74) is 3.34. The van der Waals surface area contributed by atoms with E-state index in [-0.39, 0.29) is 11.3 Å². The van der Waals surface area contributed by atoms with Crippen LogP contribution in [0.2, 0.25) is 0 Å². The Labute approximate surface area is 246 Å². The lowest BCUT2D eigenvalue weighted by Gasteiger charge is -2.23. The molecule has 0 fully saturated rings. The van der Waals surface area contributed by atoms with Gasteiger partial charge < -0.3 is 4.74 Å². The number of carbonyl (C=O) groups is 1. The topological polar surface area (TPSA) is 69.4 Å². The van der Waals surface area contributed by atoms with Crippen molar-refractivity contribution in [1.82, 2.24) is 0 Å². The molecular formula is C38H23NO4. The number of hydrogen-bond acceptors (Lipinski definition) is 4. The molecule has 0 saturated heterocycles. The molecule has 43 heavy (non-hydrogen) atoms. The van der Waals surface area contributed by atoms with E-state index in [9.17, 15) is 14.9 Å². The van der Waals surface area contributed by atoms with Crippen molar-refractivity contribution in [3.8, 4) is 22.3 Å². The fraction of sp³-hybridized carbons (Fsp3) is 0.0263. The minimum atomic E-state index is -0.746. The highest BCUT2D eigenvalue weighted by atomic mass is 16.6. The first-order valence-corrected chi connectivity index (χ1v) is 14.0. The lowest BCUT2D eigenvalue weighted by Crippen LogP contribution is -2.06. The van der Waals surface area contributed by atoms with Crippen LogP contribution in [-0.2, 0) is 4.74 Å². The maximum absolute atomic E-state index is 13.0. The fourth-order valence-corrected chi connectivity index (χ4v) is 6.87. The molecule has 0 atom stereocenters. The van der Waals surface area contributed by atoms with E-state index in [2.05, 4.69) is 60.7 Å². The van der Waals surface area contributed by atoms with Gasteiger partial charge in [-0.3, -0.25) is 10.1 Å². The molecule has 8 aromatic rings. The van der Waals surface area contributed by atoms with E-state index in [1.807, 2.05) is 48.5 Å². The highest BCUT2D eigenvalue weighted by Gasteiger charge is 2.28. The van der Waals surface area contributed by atoms with Crippen LogP contribution in [0.4, 0.5) is 5.69 Å². The van der Waals surface area contributed by atoms with Gasteiger partial charge in [0.25, 0.3) is 5.69 Å². The standard InChI is InChI=1S/C38H23NO4/c1-43-38(40)30-20-28-29(21-31(30)39(41)42)35(23-12-6-3-7-13-23)37-27-17-9-15-25-19-18-24-14-8-16-26(32(24)33(25)27)36(37)34(28)22-10-4-2-5-11-22/h2-21H,1H3. The molecule has 0 N–H and O–H groups in total. The van der Waals surface area contributed by atoms with Gasteiger partial charge in [-0.1, -0.05) is 109 Å². The van der Waals surface area contributed by atoms with Gasteiger partial charge in [-0.25, -0.2) is 4.79 Å². The predicted molar refractivity (Wildman–Crippen MR) is 174 cm³/mol. The lowest BCUT2D eigenvalue weighted by atomic mass is 9.80. The zero-order valence-electron chi connectivity index (χ0n) is 23.1. The van der Waals surface area contributed by atoms with Gasteiger partial charge in [-0.2, -0.15) is 0 Å². The minimum absolute atomic E-state index is 0.0762. The number of nitro benzene ring substituents is 1. The third-order valence-corrected chi connectivity index (χ3v) is 8.58. The molecule has 204 valence electrons. The smallest absolute Gasteiger partial charge is 0.344 e. The molecule has 0 unspecified atom stereocenters. The third-order valence-electron chi connectivity index (χ3n) is 8.58. The summed E-state index contributed by atoms with van der Waals surface area (Å²) < 4.78 is 5.04. The van der Waals surface area contributed by atoms with Crippen molar-refractivity contribution in [3.63, 3.8) is 0 Å². The number of benzene rings is 8. The van der Waals surface area contributed by atoms with Crippen molar-refractivity contribution in [2.75, 3.05) is 7.11 Å². The summed E-state index contributed by atoms with van der Waals surface area (Å²) in [4.78, 5) is 24.9. The Morgan fingerprint density at radius 2 is 1.07 bits per heavy atom. The van der Waals surface area contributed by atoms with Crippen molar-refractivity contribution >= 4 is 65.5 Å². The Morgan fingerprint density at radius 1 is 0.581 bits per heavy atom. The van der Waals surface area contributed by atoms with Crippen LogP contribution >= 0.6 is 0 Å². The summed E-state index contributed by atoms with van der Waals surface area (Å²) in [6, 6.07) is 40.3. The molecule has 0 amide bonds. The van der Waals surface area contributed by atoms with Crippen LogP contribution in [-0.4, -0.2) is 18.0 Å². The monoisotopic (exact) mass is 557 g/mol. The second kappa shape index (κ2) is 9.36. The van der Waals surface area contributed by atoms with Crippen molar-refractivity contribution in [2.45, 2.75) is 0 Å². The number of nitrogens with zero attached hydrogens (tertiary/aromatic N) is 1. The number of nitro groups is 1. The molecule has 0 aliphatic carbocycles. The van der Waals surface area contributed by atoms with Crippen LogP contribution in [0.3, 0.4) is 0 Å². The second-order valence-electron chi connectivity index (χ2n) is 10.8. The Bertz CT molecular complexity index is 2410. The van der Waals surface area contributed by atoms with E-state index in [1.165, 1.54) is 17.9 Å². The largest absolute Gasteiger partial charge is 0.465 e. The molecule has 0 spiro atoms. The van der Waals surface area contributed by atoms with Crippen molar-refractivity contribution in [3.05, 3.63) is 137 Å². The number of esters is 1. The highest BCUT2D eigenvalue weighted by molar-refractivity contribution is 6.41. The fourth-order valence-electron chi connectivity index (χ4n) is 6.87. The number of methoxy groups -OCH3 is 1. The van der Waals surface area contributed by atoms with Gasteiger partial charge in [0.05, 0.1) is 12.0 Å². The van der Waals surface area contributed by atoms with Gasteiger partial charge in [0, 0.05) is 6.07 Å². The molecule has 0 aliphatic rings. The van der Waals surface area contributed by atoms with Crippen LogP contribution in [0.25, 0.3) is 76.1 Å². The molecule has 8 rings (SSSR count). The Hall–Kier alpha value is -5.81. The molecular weight excluding hydrogens is 534 g/mol. The molecule has 0 aliphatic heterocycles. The summed E-state index contributed by atoms with van der Waals surface area (Å²) in [5.74, 6) is -0.746. The molecule has 0 heterocycles. The first-order chi connectivity index (χ1) is 21.1. The number of fused-ring (bicyclic) bond motifs is 4. The van der Waals surface area contributed by atoms with Gasteiger partial charge in [0.1, 0.15) is 5.56 Å². The maximum atomic E-state index is 13.0. The van der Waals surface area contributed by atoms with E-state index in [0.717, 1.165) is 60.0 Å².